The van der Waals surface area contributed by atoms with Gasteiger partial charge in [0.2, 0.25) is 5.91 Å². The molecule has 1 amide bonds. The third kappa shape index (κ3) is 4.82. The van der Waals surface area contributed by atoms with E-state index in [-0.39, 0.29) is 5.91 Å². The standard InChI is InChI=1S/C12H17N3OS/c1-3-11(16)14-9-5-7-10(8-6-9)15-12(17)13-4-2/h5-8H,3-4H2,1-2H3,(H,14,16)(H2,13,15,17). The molecule has 3 N–H and O–H groups in total. The predicted molar refractivity (Wildman–Crippen MR) is 75.3 cm³/mol. The fourth-order valence-electron chi connectivity index (χ4n) is 1.22. The summed E-state index contributed by atoms with van der Waals surface area (Å²) in [5.41, 5.74) is 1.68. The van der Waals surface area contributed by atoms with Crippen molar-refractivity contribution in [2.75, 3.05) is 17.2 Å². The molecule has 0 aliphatic heterocycles. The van der Waals surface area contributed by atoms with E-state index in [1.54, 1.807) is 0 Å². The van der Waals surface area contributed by atoms with Crippen molar-refractivity contribution < 1.29 is 4.79 Å². The second-order valence-electron chi connectivity index (χ2n) is 3.46. The largest absolute Gasteiger partial charge is 0.363 e. The van der Waals surface area contributed by atoms with Crippen molar-refractivity contribution in [1.29, 1.82) is 0 Å². The smallest absolute Gasteiger partial charge is 0.224 e. The van der Waals surface area contributed by atoms with E-state index in [4.69, 9.17) is 12.2 Å². The highest BCUT2D eigenvalue weighted by molar-refractivity contribution is 7.80. The van der Waals surface area contributed by atoms with E-state index in [2.05, 4.69) is 16.0 Å². The molecule has 1 aromatic rings. The molecule has 0 aliphatic carbocycles. The van der Waals surface area contributed by atoms with Gasteiger partial charge < -0.3 is 16.0 Å². The van der Waals surface area contributed by atoms with E-state index in [0.29, 0.717) is 11.5 Å². The summed E-state index contributed by atoms with van der Waals surface area (Å²) >= 11 is 5.06. The monoisotopic (exact) mass is 251 g/mol. The molecule has 0 saturated heterocycles. The lowest BCUT2D eigenvalue weighted by atomic mass is 10.2. The van der Waals surface area contributed by atoms with Gasteiger partial charge in [0.1, 0.15) is 0 Å². The van der Waals surface area contributed by atoms with Gasteiger partial charge in [-0.1, -0.05) is 6.92 Å². The molecule has 0 aromatic heterocycles. The second-order valence-corrected chi connectivity index (χ2v) is 3.87. The second kappa shape index (κ2) is 6.85. The van der Waals surface area contributed by atoms with E-state index in [9.17, 15) is 4.79 Å². The van der Waals surface area contributed by atoms with Crippen molar-refractivity contribution in [3.05, 3.63) is 24.3 Å². The van der Waals surface area contributed by atoms with E-state index in [1.807, 2.05) is 38.1 Å². The van der Waals surface area contributed by atoms with Gasteiger partial charge >= 0.3 is 0 Å². The van der Waals surface area contributed by atoms with E-state index in [1.165, 1.54) is 0 Å². The first-order valence-corrected chi connectivity index (χ1v) is 6.01. The van der Waals surface area contributed by atoms with Crippen LogP contribution < -0.4 is 16.0 Å². The SMILES string of the molecule is CCNC(=S)Nc1ccc(NC(=O)CC)cc1. The van der Waals surface area contributed by atoms with Gasteiger partial charge in [-0.3, -0.25) is 4.79 Å². The molecule has 0 atom stereocenters. The normalized spacial score (nSPS) is 9.53. The van der Waals surface area contributed by atoms with E-state index in [0.717, 1.165) is 17.9 Å². The lowest BCUT2D eigenvalue weighted by Crippen LogP contribution is -2.27. The van der Waals surface area contributed by atoms with Crippen molar-refractivity contribution in [2.24, 2.45) is 0 Å². The Balaban J connectivity index is 2.55. The number of anilines is 2. The maximum atomic E-state index is 11.2. The van der Waals surface area contributed by atoms with Crippen LogP contribution in [0.15, 0.2) is 24.3 Å². The number of amides is 1. The molecule has 0 aliphatic rings. The maximum absolute atomic E-state index is 11.2. The molecule has 0 unspecified atom stereocenters. The third-order valence-corrected chi connectivity index (χ3v) is 2.33. The first-order valence-electron chi connectivity index (χ1n) is 5.60. The zero-order chi connectivity index (χ0) is 12.7. The molecule has 4 nitrogen and oxygen atoms in total. The Labute approximate surface area is 107 Å². The molecule has 0 saturated carbocycles. The lowest BCUT2D eigenvalue weighted by molar-refractivity contribution is -0.115. The minimum atomic E-state index is 0.00822. The molecular formula is C12H17N3OS. The number of rotatable bonds is 4. The van der Waals surface area contributed by atoms with Crippen LogP contribution in [0.25, 0.3) is 0 Å². The average molecular weight is 251 g/mol. The molecule has 1 aromatic carbocycles. The number of carbonyl (C=O) groups excluding carboxylic acids is 1. The van der Waals surface area contributed by atoms with Crippen LogP contribution in [0.4, 0.5) is 11.4 Å². The first kappa shape index (κ1) is 13.4. The van der Waals surface area contributed by atoms with Gasteiger partial charge in [0.15, 0.2) is 5.11 Å². The molecule has 92 valence electrons. The van der Waals surface area contributed by atoms with Gasteiger partial charge in [-0.15, -0.1) is 0 Å². The number of nitrogens with one attached hydrogen (secondary N) is 3. The molecule has 0 heterocycles. The van der Waals surface area contributed by atoms with Crippen LogP contribution in [0.5, 0.6) is 0 Å². The van der Waals surface area contributed by atoms with Crippen molar-refractivity contribution in [3.63, 3.8) is 0 Å². The average Bonchev–Trinajstić information content (AvgIpc) is 2.32. The van der Waals surface area contributed by atoms with Gasteiger partial charge in [-0.25, -0.2) is 0 Å². The molecule has 5 heteroatoms. The van der Waals surface area contributed by atoms with Crippen molar-refractivity contribution in [1.82, 2.24) is 5.32 Å². The Kier molecular flexibility index (Phi) is 5.42. The number of thiocarbonyl (C=S) groups is 1. The highest BCUT2D eigenvalue weighted by atomic mass is 32.1. The van der Waals surface area contributed by atoms with E-state index < -0.39 is 0 Å². The van der Waals surface area contributed by atoms with Gasteiger partial charge in [-0.05, 0) is 43.4 Å². The fraction of sp³-hybridized carbons (Fsp3) is 0.333. The van der Waals surface area contributed by atoms with Crippen LogP contribution in [0.2, 0.25) is 0 Å². The fourth-order valence-corrected chi connectivity index (χ4v) is 1.48. The summed E-state index contributed by atoms with van der Waals surface area (Å²) < 4.78 is 0. The highest BCUT2D eigenvalue weighted by Crippen LogP contribution is 2.13. The van der Waals surface area contributed by atoms with E-state index >= 15 is 0 Å². The topological polar surface area (TPSA) is 53.2 Å². The summed E-state index contributed by atoms with van der Waals surface area (Å²) in [5, 5.41) is 9.42. The maximum Gasteiger partial charge on any atom is 0.224 e. The van der Waals surface area contributed by atoms with Gasteiger partial charge in [0, 0.05) is 24.3 Å². The van der Waals surface area contributed by atoms with Crippen LogP contribution >= 0.6 is 12.2 Å². The molecule has 0 fully saturated rings. The summed E-state index contributed by atoms with van der Waals surface area (Å²) in [6, 6.07) is 7.42. The minimum absolute atomic E-state index is 0.00822. The highest BCUT2D eigenvalue weighted by Gasteiger charge is 1.99. The summed E-state index contributed by atoms with van der Waals surface area (Å²) in [4.78, 5) is 11.2. The third-order valence-electron chi connectivity index (χ3n) is 2.08. The molecule has 0 spiro atoms. The number of carbonyl (C=O) groups is 1. The summed E-state index contributed by atoms with van der Waals surface area (Å²) in [7, 11) is 0. The lowest BCUT2D eigenvalue weighted by Gasteiger charge is -2.09. The summed E-state index contributed by atoms with van der Waals surface area (Å²) in [6.45, 7) is 4.59. The van der Waals surface area contributed by atoms with Crippen molar-refractivity contribution >= 4 is 34.6 Å². The first-order chi connectivity index (χ1) is 8.15. The Hall–Kier alpha value is -1.62. The zero-order valence-corrected chi connectivity index (χ0v) is 10.9. The molecule has 1 rings (SSSR count). The zero-order valence-electron chi connectivity index (χ0n) is 10.0. The molecule has 17 heavy (non-hydrogen) atoms. The number of hydrogen-bond acceptors (Lipinski definition) is 2. The number of hydrogen-bond donors (Lipinski definition) is 3. The van der Waals surface area contributed by atoms with Gasteiger partial charge in [0.05, 0.1) is 0 Å². The Morgan fingerprint density at radius 1 is 1.12 bits per heavy atom. The van der Waals surface area contributed by atoms with Crippen LogP contribution in [0.3, 0.4) is 0 Å². The molecule has 0 bridgehead atoms. The molecule has 0 radical (unpaired) electrons. The Morgan fingerprint density at radius 3 is 2.12 bits per heavy atom. The summed E-state index contributed by atoms with van der Waals surface area (Å²) in [6.07, 6.45) is 0.477. The minimum Gasteiger partial charge on any atom is -0.363 e. The van der Waals surface area contributed by atoms with Crippen LogP contribution in [-0.2, 0) is 4.79 Å². The van der Waals surface area contributed by atoms with Crippen molar-refractivity contribution in [3.8, 4) is 0 Å². The van der Waals surface area contributed by atoms with Gasteiger partial charge in [-0.2, -0.15) is 0 Å². The quantitative estimate of drug-likeness (QED) is 0.719. The Morgan fingerprint density at radius 2 is 1.65 bits per heavy atom. The number of benzene rings is 1. The van der Waals surface area contributed by atoms with Gasteiger partial charge in [0.25, 0.3) is 0 Å². The predicted octanol–water partition coefficient (Wildman–Crippen LogP) is 2.34. The van der Waals surface area contributed by atoms with Crippen LogP contribution in [0.1, 0.15) is 20.3 Å². The van der Waals surface area contributed by atoms with Crippen molar-refractivity contribution in [2.45, 2.75) is 20.3 Å². The molecular weight excluding hydrogens is 234 g/mol. The van der Waals surface area contributed by atoms with Crippen LogP contribution in [0, 0.1) is 0 Å². The summed E-state index contributed by atoms with van der Waals surface area (Å²) in [5.74, 6) is 0.00822. The van der Waals surface area contributed by atoms with Crippen LogP contribution in [-0.4, -0.2) is 17.6 Å². The Bertz CT molecular complexity index is 389.